The van der Waals surface area contributed by atoms with Crippen molar-refractivity contribution in [2.24, 2.45) is 0 Å². The van der Waals surface area contributed by atoms with Crippen LogP contribution >= 0.6 is 11.6 Å². The second kappa shape index (κ2) is 13.8. The number of H-pyrrole nitrogens is 1. The van der Waals surface area contributed by atoms with Gasteiger partial charge in [-0.15, -0.1) is 0 Å². The predicted octanol–water partition coefficient (Wildman–Crippen LogP) is 5.60. The number of nitrogen functional groups attached to an aromatic ring is 1. The standard InChI is InChI=1S/C35H39ClF3N7O4/c36-26-18-21(17-25(30(26)40)35(37,38)39)19-29(32(47)44-13-7-22(8-14-44)43-11-3-4-12-43)50-34(49)45-15-9-23(10-16-45)46-28-20-41-27-6-2-1-5-24(27)31(28)42-33(46)48/h1-2,5-6,17-18,20,22-23,29H,3-4,7-16,19,40H2,(H,42,48). The van der Waals surface area contributed by atoms with Gasteiger partial charge in [0, 0.05) is 50.1 Å². The molecule has 3 fully saturated rings. The summed E-state index contributed by atoms with van der Waals surface area (Å²) in [7, 11) is 0. The second-order valence-corrected chi connectivity index (χ2v) is 13.9. The summed E-state index contributed by atoms with van der Waals surface area (Å²) in [6.45, 7) is 3.49. The smallest absolute Gasteiger partial charge is 0.418 e. The van der Waals surface area contributed by atoms with E-state index in [2.05, 4.69) is 14.9 Å². The average Bonchev–Trinajstić information content (AvgIpc) is 3.77. The molecule has 7 rings (SSSR count). The number of aromatic amines is 1. The molecule has 3 aliphatic rings. The number of fused-ring (bicyclic) bond motifs is 3. The molecular formula is C35H39ClF3N7O4. The maximum Gasteiger partial charge on any atom is 0.418 e. The first-order valence-corrected chi connectivity index (χ1v) is 17.5. The first kappa shape index (κ1) is 34.2. The van der Waals surface area contributed by atoms with Crippen molar-refractivity contribution in [2.45, 2.75) is 69.3 Å². The highest BCUT2D eigenvalue weighted by Crippen LogP contribution is 2.38. The Morgan fingerprint density at radius 1 is 0.980 bits per heavy atom. The van der Waals surface area contributed by atoms with Crippen LogP contribution in [0.5, 0.6) is 0 Å². The van der Waals surface area contributed by atoms with Crippen LogP contribution in [-0.4, -0.2) is 92.6 Å². The zero-order valence-corrected chi connectivity index (χ0v) is 28.2. The number of ether oxygens (including phenoxy) is 1. The number of halogens is 4. The van der Waals surface area contributed by atoms with Crippen molar-refractivity contribution in [2.75, 3.05) is 45.0 Å². The highest BCUT2D eigenvalue weighted by Gasteiger charge is 2.38. The van der Waals surface area contributed by atoms with Crippen molar-refractivity contribution in [3.8, 4) is 0 Å². The summed E-state index contributed by atoms with van der Waals surface area (Å²) in [6.07, 6.45) is -0.774. The Morgan fingerprint density at radius 3 is 2.34 bits per heavy atom. The number of rotatable bonds is 6. The number of pyridine rings is 1. The number of aromatic nitrogens is 3. The number of hydrogen-bond donors (Lipinski definition) is 2. The van der Waals surface area contributed by atoms with Crippen LogP contribution in [0.3, 0.4) is 0 Å². The first-order chi connectivity index (χ1) is 24.0. The number of likely N-dealkylation sites (tertiary alicyclic amines) is 3. The van der Waals surface area contributed by atoms with E-state index in [0.29, 0.717) is 43.0 Å². The van der Waals surface area contributed by atoms with Crippen LogP contribution < -0.4 is 11.4 Å². The summed E-state index contributed by atoms with van der Waals surface area (Å²) < 4.78 is 48.9. The second-order valence-electron chi connectivity index (χ2n) is 13.5. The fourth-order valence-corrected chi connectivity index (χ4v) is 8.01. The van der Waals surface area contributed by atoms with Gasteiger partial charge >= 0.3 is 18.0 Å². The number of piperidine rings is 2. The van der Waals surface area contributed by atoms with Gasteiger partial charge in [0.15, 0.2) is 6.10 Å². The van der Waals surface area contributed by atoms with Gasteiger partial charge < -0.3 is 30.2 Å². The van der Waals surface area contributed by atoms with E-state index in [1.807, 2.05) is 24.3 Å². The molecular weight excluding hydrogens is 675 g/mol. The summed E-state index contributed by atoms with van der Waals surface area (Å²) in [6, 6.07) is 9.84. The normalized spacial score (nSPS) is 19.0. The van der Waals surface area contributed by atoms with E-state index in [4.69, 9.17) is 22.1 Å². The summed E-state index contributed by atoms with van der Waals surface area (Å²) in [5, 5.41) is 0.541. The topological polar surface area (TPSA) is 130 Å². The fourth-order valence-electron chi connectivity index (χ4n) is 7.77. The van der Waals surface area contributed by atoms with E-state index in [-0.39, 0.29) is 41.8 Å². The molecule has 0 saturated carbocycles. The van der Waals surface area contributed by atoms with Gasteiger partial charge in [-0.1, -0.05) is 29.8 Å². The Kier molecular flexibility index (Phi) is 9.42. The molecule has 2 aromatic carbocycles. The molecule has 0 aliphatic carbocycles. The molecule has 2 aromatic heterocycles. The highest BCUT2D eigenvalue weighted by molar-refractivity contribution is 6.33. The van der Waals surface area contributed by atoms with E-state index >= 15 is 0 Å². The maximum absolute atomic E-state index is 13.9. The first-order valence-electron chi connectivity index (χ1n) is 17.1. The van der Waals surface area contributed by atoms with E-state index in [1.165, 1.54) is 11.0 Å². The minimum atomic E-state index is -4.77. The third-order valence-corrected chi connectivity index (χ3v) is 10.7. The number of alkyl halides is 3. The molecule has 3 N–H and O–H groups in total. The molecule has 5 heterocycles. The van der Waals surface area contributed by atoms with Crippen molar-refractivity contribution in [3.05, 3.63) is 69.2 Å². The number of carbonyl (C=O) groups excluding carboxylic acids is 2. The third kappa shape index (κ3) is 6.74. The molecule has 15 heteroatoms. The van der Waals surface area contributed by atoms with E-state index in [0.717, 1.165) is 55.7 Å². The summed E-state index contributed by atoms with van der Waals surface area (Å²) in [5.74, 6) is -0.459. The van der Waals surface area contributed by atoms with Gasteiger partial charge in [-0.3, -0.25) is 14.3 Å². The molecule has 3 saturated heterocycles. The number of para-hydroxylation sites is 1. The van der Waals surface area contributed by atoms with Crippen LogP contribution in [0.1, 0.15) is 55.7 Å². The van der Waals surface area contributed by atoms with E-state index in [1.54, 1.807) is 15.7 Å². The number of nitrogens with zero attached hydrogens (tertiary/aromatic N) is 5. The van der Waals surface area contributed by atoms with Crippen molar-refractivity contribution >= 4 is 51.2 Å². The van der Waals surface area contributed by atoms with Crippen LogP contribution in [0, 0.1) is 0 Å². The highest BCUT2D eigenvalue weighted by atomic mass is 35.5. The number of hydrogen-bond acceptors (Lipinski definition) is 7. The van der Waals surface area contributed by atoms with Crippen molar-refractivity contribution in [1.82, 2.24) is 29.2 Å². The van der Waals surface area contributed by atoms with Crippen molar-refractivity contribution in [1.29, 1.82) is 0 Å². The van der Waals surface area contributed by atoms with Crippen LogP contribution in [-0.2, 0) is 22.1 Å². The minimum absolute atomic E-state index is 0.0770. The molecule has 3 aliphatic heterocycles. The number of imidazole rings is 1. The van der Waals surface area contributed by atoms with Gasteiger partial charge in [-0.2, -0.15) is 13.2 Å². The predicted molar refractivity (Wildman–Crippen MR) is 183 cm³/mol. The van der Waals surface area contributed by atoms with Crippen molar-refractivity contribution in [3.63, 3.8) is 0 Å². The molecule has 50 heavy (non-hydrogen) atoms. The number of nitrogens with two attached hydrogens (primary N) is 1. The lowest BCUT2D eigenvalue weighted by Crippen LogP contribution is -2.51. The molecule has 1 atom stereocenters. The largest absolute Gasteiger partial charge is 0.436 e. The minimum Gasteiger partial charge on any atom is -0.436 e. The van der Waals surface area contributed by atoms with Gasteiger partial charge in [0.25, 0.3) is 5.91 Å². The van der Waals surface area contributed by atoms with E-state index in [9.17, 15) is 27.6 Å². The molecule has 0 radical (unpaired) electrons. The summed E-state index contributed by atoms with van der Waals surface area (Å²) in [5.41, 5.74) is 5.89. The number of amides is 2. The van der Waals surface area contributed by atoms with Gasteiger partial charge in [0.1, 0.15) is 0 Å². The number of carbonyl (C=O) groups is 2. The van der Waals surface area contributed by atoms with Gasteiger partial charge in [0.05, 0.1) is 39.0 Å². The van der Waals surface area contributed by atoms with Crippen LogP contribution in [0.2, 0.25) is 5.02 Å². The Labute approximate surface area is 291 Å². The SMILES string of the molecule is Nc1c(Cl)cc(CC(OC(=O)N2CCC(n3c(=O)[nH]c4c5ccccc5ncc43)CC2)C(=O)N2CCC(N3CCCC3)CC2)cc1C(F)(F)F. The van der Waals surface area contributed by atoms with Crippen LogP contribution in [0.4, 0.5) is 23.7 Å². The molecule has 11 nitrogen and oxygen atoms in total. The number of nitrogens with one attached hydrogen (secondary N) is 1. The van der Waals surface area contributed by atoms with Crippen LogP contribution in [0.15, 0.2) is 47.4 Å². The Balaban J connectivity index is 1.07. The quantitative estimate of drug-likeness (QED) is 0.249. The lowest BCUT2D eigenvalue weighted by Gasteiger charge is -2.38. The lowest BCUT2D eigenvalue weighted by molar-refractivity contribution is -0.142. The number of benzene rings is 2. The Bertz CT molecular complexity index is 1960. The maximum atomic E-state index is 13.9. The summed E-state index contributed by atoms with van der Waals surface area (Å²) in [4.78, 5) is 53.7. The van der Waals surface area contributed by atoms with Gasteiger partial charge in [0.2, 0.25) is 0 Å². The van der Waals surface area contributed by atoms with Crippen LogP contribution in [0.25, 0.3) is 21.9 Å². The molecule has 0 spiro atoms. The lowest BCUT2D eigenvalue weighted by atomic mass is 10.00. The Hall–Kier alpha value is -4.30. The third-order valence-electron chi connectivity index (χ3n) is 10.4. The molecule has 0 bridgehead atoms. The molecule has 2 amide bonds. The average molecular weight is 714 g/mol. The summed E-state index contributed by atoms with van der Waals surface area (Å²) >= 11 is 6.10. The molecule has 1 unspecified atom stereocenters. The zero-order valence-electron chi connectivity index (χ0n) is 27.4. The number of anilines is 1. The van der Waals surface area contributed by atoms with Gasteiger partial charge in [-0.25, -0.2) is 9.59 Å². The zero-order chi connectivity index (χ0) is 35.2. The van der Waals surface area contributed by atoms with E-state index < -0.39 is 35.5 Å². The molecule has 4 aromatic rings. The van der Waals surface area contributed by atoms with Gasteiger partial charge in [-0.05, 0) is 75.4 Å². The fraction of sp³-hybridized carbons (Fsp3) is 0.486. The monoisotopic (exact) mass is 713 g/mol. The Morgan fingerprint density at radius 2 is 1.64 bits per heavy atom. The molecule has 266 valence electrons. The van der Waals surface area contributed by atoms with Crippen molar-refractivity contribution < 1.29 is 27.5 Å².